The molecule has 0 aliphatic carbocycles. The molecule has 0 spiro atoms. The number of carbonyl (C=O) groups excluding carboxylic acids is 3. The summed E-state index contributed by atoms with van der Waals surface area (Å²) in [6.45, 7) is 1.77. The first kappa shape index (κ1) is 26.8. The zero-order chi connectivity index (χ0) is 27.8. The lowest BCUT2D eigenvalue weighted by Gasteiger charge is -2.26. The van der Waals surface area contributed by atoms with Crippen molar-refractivity contribution in [1.82, 2.24) is 5.32 Å². The highest BCUT2D eigenvalue weighted by Gasteiger charge is 2.37. The molecule has 14 heteroatoms. The summed E-state index contributed by atoms with van der Waals surface area (Å²) in [5.74, 6) is -2.58. The van der Waals surface area contributed by atoms with Crippen LogP contribution >= 0.6 is 23.2 Å². The number of amides is 4. The molecule has 0 radical (unpaired) electrons. The van der Waals surface area contributed by atoms with Crippen LogP contribution in [0.1, 0.15) is 11.1 Å². The molecular formula is C24H15Cl2N3O8S. The fourth-order valence-electron chi connectivity index (χ4n) is 3.41. The number of hydrogen-bond donors (Lipinski definition) is 1. The number of carbonyl (C=O) groups is 3. The van der Waals surface area contributed by atoms with Gasteiger partial charge < -0.3 is 4.18 Å². The van der Waals surface area contributed by atoms with E-state index >= 15 is 0 Å². The number of nitrogens with one attached hydrogen (secondary N) is 1. The van der Waals surface area contributed by atoms with Crippen LogP contribution in [0.4, 0.5) is 16.2 Å². The van der Waals surface area contributed by atoms with E-state index in [0.29, 0.717) is 4.90 Å². The van der Waals surface area contributed by atoms with E-state index < -0.39 is 44.2 Å². The molecule has 1 fully saturated rings. The fraction of sp³-hybridized carbons (Fsp3) is 0.0417. The number of barbiturate groups is 1. The van der Waals surface area contributed by atoms with Gasteiger partial charge in [-0.05, 0) is 49.4 Å². The third-order valence-electron chi connectivity index (χ3n) is 5.26. The van der Waals surface area contributed by atoms with Crippen LogP contribution in [0.15, 0.2) is 71.1 Å². The van der Waals surface area contributed by atoms with Gasteiger partial charge in [-0.15, -0.1) is 0 Å². The number of non-ortho nitro benzene ring substituents is 1. The number of urea groups is 1. The summed E-state index contributed by atoms with van der Waals surface area (Å²) in [5, 5.41) is 12.7. The van der Waals surface area contributed by atoms with E-state index in [1.165, 1.54) is 24.3 Å². The molecule has 1 heterocycles. The summed E-state index contributed by atoms with van der Waals surface area (Å²) < 4.78 is 31.1. The minimum Gasteiger partial charge on any atom is -0.377 e. The van der Waals surface area contributed by atoms with Gasteiger partial charge in [0.1, 0.15) is 10.5 Å². The van der Waals surface area contributed by atoms with Crippen LogP contribution in [-0.4, -0.2) is 31.2 Å². The second kappa shape index (κ2) is 10.2. The number of hydrogen-bond acceptors (Lipinski definition) is 8. The second-order valence-electron chi connectivity index (χ2n) is 7.89. The Morgan fingerprint density at radius 1 is 1.00 bits per heavy atom. The number of aryl methyl sites for hydroxylation is 1. The zero-order valence-corrected chi connectivity index (χ0v) is 21.5. The standard InChI is InChI=1S/C24H15Cl2N3O8S/c1-13-2-8-18(9-3-13)38(35,36)37-21-14(10-15(25)12-20(21)26)11-19-22(30)27-24(32)28(23(19)31)16-4-6-17(7-5-16)29(33)34/h2-12H,1H3,(H,27,30,32)/b19-11+. The minimum atomic E-state index is -4.39. The van der Waals surface area contributed by atoms with Gasteiger partial charge in [-0.25, -0.2) is 9.69 Å². The van der Waals surface area contributed by atoms with Gasteiger partial charge in [0.15, 0.2) is 5.75 Å². The molecule has 11 nitrogen and oxygen atoms in total. The Kier molecular flexibility index (Phi) is 7.22. The van der Waals surface area contributed by atoms with E-state index in [1.54, 1.807) is 19.1 Å². The molecule has 0 unspecified atom stereocenters. The predicted octanol–water partition coefficient (Wildman–Crippen LogP) is 4.64. The van der Waals surface area contributed by atoms with Gasteiger partial charge in [0.05, 0.1) is 15.6 Å². The van der Waals surface area contributed by atoms with Gasteiger partial charge in [-0.2, -0.15) is 8.42 Å². The number of halogens is 2. The number of nitrogens with zero attached hydrogens (tertiary/aromatic N) is 2. The second-order valence-corrected chi connectivity index (χ2v) is 10.3. The van der Waals surface area contributed by atoms with Gasteiger partial charge in [-0.1, -0.05) is 40.9 Å². The van der Waals surface area contributed by atoms with Crippen molar-refractivity contribution in [3.8, 4) is 5.75 Å². The number of benzene rings is 3. The highest BCUT2D eigenvalue weighted by atomic mass is 35.5. The van der Waals surface area contributed by atoms with E-state index in [9.17, 15) is 32.9 Å². The minimum absolute atomic E-state index is 0.0360. The average molecular weight is 576 g/mol. The van der Waals surface area contributed by atoms with Crippen molar-refractivity contribution in [2.75, 3.05) is 4.90 Å². The molecule has 3 aromatic carbocycles. The van der Waals surface area contributed by atoms with E-state index in [1.807, 2.05) is 5.32 Å². The highest BCUT2D eigenvalue weighted by molar-refractivity contribution is 7.87. The van der Waals surface area contributed by atoms with E-state index in [4.69, 9.17) is 27.4 Å². The summed E-state index contributed by atoms with van der Waals surface area (Å²) in [5.41, 5.74) is -0.254. The monoisotopic (exact) mass is 575 g/mol. The first-order chi connectivity index (χ1) is 17.9. The maximum absolute atomic E-state index is 13.2. The molecule has 0 saturated carbocycles. The van der Waals surface area contributed by atoms with Crippen LogP contribution in [0.5, 0.6) is 5.75 Å². The molecule has 3 aromatic rings. The molecule has 0 aromatic heterocycles. The number of rotatable bonds is 6. The lowest BCUT2D eigenvalue weighted by molar-refractivity contribution is -0.384. The van der Waals surface area contributed by atoms with Gasteiger partial charge in [0.25, 0.3) is 17.5 Å². The Bertz CT molecular complexity index is 1640. The van der Waals surface area contributed by atoms with Crippen LogP contribution in [-0.2, 0) is 19.7 Å². The largest absolute Gasteiger partial charge is 0.377 e. The van der Waals surface area contributed by atoms with Crippen molar-refractivity contribution >= 4 is 68.6 Å². The van der Waals surface area contributed by atoms with Crippen molar-refractivity contribution in [2.24, 2.45) is 0 Å². The molecule has 0 atom stereocenters. The molecular weight excluding hydrogens is 561 g/mol. The Balaban J connectivity index is 1.77. The van der Waals surface area contributed by atoms with Crippen LogP contribution in [0, 0.1) is 17.0 Å². The molecule has 38 heavy (non-hydrogen) atoms. The van der Waals surface area contributed by atoms with Crippen molar-refractivity contribution in [2.45, 2.75) is 11.8 Å². The highest BCUT2D eigenvalue weighted by Crippen LogP contribution is 2.36. The maximum Gasteiger partial charge on any atom is 0.339 e. The smallest absolute Gasteiger partial charge is 0.339 e. The Labute approximate surface area is 225 Å². The van der Waals surface area contributed by atoms with Crippen molar-refractivity contribution in [3.05, 3.63) is 97.5 Å². The van der Waals surface area contributed by atoms with E-state index in [-0.39, 0.29) is 31.9 Å². The van der Waals surface area contributed by atoms with Crippen LogP contribution in [0.25, 0.3) is 6.08 Å². The fourth-order valence-corrected chi connectivity index (χ4v) is 4.97. The van der Waals surface area contributed by atoms with Gasteiger partial charge >= 0.3 is 16.1 Å². The summed E-state index contributed by atoms with van der Waals surface area (Å²) in [6.07, 6.45) is 0.972. The quantitative estimate of drug-likeness (QED) is 0.146. The summed E-state index contributed by atoms with van der Waals surface area (Å²) in [4.78, 5) is 48.9. The number of nitro benzene ring substituents is 1. The summed E-state index contributed by atoms with van der Waals surface area (Å²) >= 11 is 12.3. The van der Waals surface area contributed by atoms with E-state index in [2.05, 4.69) is 0 Å². The number of imide groups is 2. The first-order valence-electron chi connectivity index (χ1n) is 10.5. The lowest BCUT2D eigenvalue weighted by atomic mass is 10.1. The third-order valence-corrected chi connectivity index (χ3v) is 6.99. The van der Waals surface area contributed by atoms with Crippen molar-refractivity contribution in [1.29, 1.82) is 0 Å². The third kappa shape index (κ3) is 5.37. The predicted molar refractivity (Wildman–Crippen MR) is 138 cm³/mol. The Morgan fingerprint density at radius 3 is 2.24 bits per heavy atom. The zero-order valence-electron chi connectivity index (χ0n) is 19.2. The van der Waals surface area contributed by atoms with Crippen LogP contribution < -0.4 is 14.4 Å². The van der Waals surface area contributed by atoms with Crippen molar-refractivity contribution in [3.63, 3.8) is 0 Å². The lowest BCUT2D eigenvalue weighted by Crippen LogP contribution is -2.54. The Morgan fingerprint density at radius 2 is 1.63 bits per heavy atom. The molecule has 194 valence electrons. The van der Waals surface area contributed by atoms with E-state index in [0.717, 1.165) is 35.9 Å². The maximum atomic E-state index is 13.2. The van der Waals surface area contributed by atoms with Crippen molar-refractivity contribution < 1.29 is 31.9 Å². The summed E-state index contributed by atoms with van der Waals surface area (Å²) in [6, 6.07) is 11.6. The average Bonchev–Trinajstić information content (AvgIpc) is 2.84. The molecule has 1 N–H and O–H groups in total. The molecule has 0 bridgehead atoms. The first-order valence-corrected chi connectivity index (χ1v) is 12.7. The van der Waals surface area contributed by atoms with Crippen LogP contribution in [0.3, 0.4) is 0 Å². The normalized spacial score (nSPS) is 15.0. The molecule has 4 amide bonds. The molecule has 4 rings (SSSR count). The van der Waals surface area contributed by atoms with Gasteiger partial charge in [-0.3, -0.25) is 25.0 Å². The summed E-state index contributed by atoms with van der Waals surface area (Å²) in [7, 11) is -4.39. The molecule has 1 saturated heterocycles. The van der Waals surface area contributed by atoms with Gasteiger partial charge in [0, 0.05) is 22.7 Å². The SMILES string of the molecule is Cc1ccc(S(=O)(=O)Oc2c(Cl)cc(Cl)cc2/C=C2\C(=O)NC(=O)N(c3ccc([N+](=O)[O-])cc3)C2=O)cc1. The van der Waals surface area contributed by atoms with Gasteiger partial charge in [0.2, 0.25) is 0 Å². The Hall–Kier alpha value is -4.26. The molecule has 1 aliphatic heterocycles. The number of anilines is 1. The van der Waals surface area contributed by atoms with Crippen LogP contribution in [0.2, 0.25) is 10.0 Å². The number of nitro groups is 1. The molecule has 1 aliphatic rings. The topological polar surface area (TPSA) is 153 Å².